The Morgan fingerprint density at radius 1 is 0.544 bits per heavy atom. The summed E-state index contributed by atoms with van der Waals surface area (Å²) in [6.45, 7) is 28.4. The third kappa shape index (κ3) is 5.02. The van der Waals surface area contributed by atoms with E-state index in [1.807, 2.05) is 0 Å². The van der Waals surface area contributed by atoms with Crippen LogP contribution in [0.5, 0.6) is 0 Å². The molecule has 0 amide bonds. The van der Waals surface area contributed by atoms with Crippen molar-refractivity contribution in [2.24, 2.45) is 0 Å². The number of benzene rings is 7. The summed E-state index contributed by atoms with van der Waals surface area (Å²) in [5.74, 6) is 0. The Bertz CT molecular complexity index is 3910. The molecule has 0 saturated carbocycles. The summed E-state index contributed by atoms with van der Waals surface area (Å²) in [6, 6.07) is 44.2. The lowest BCUT2D eigenvalue weighted by Gasteiger charge is -2.42. The molecule has 5 heterocycles. The van der Waals surface area contributed by atoms with Gasteiger partial charge in [0.1, 0.15) is 22.4 Å². The van der Waals surface area contributed by atoms with Crippen molar-refractivity contribution in [1.29, 1.82) is 0 Å². The molecule has 336 valence electrons. The normalized spacial score (nSPS) is 17.3. The lowest BCUT2D eigenvalue weighted by molar-refractivity contribution is 0.332. The van der Waals surface area contributed by atoms with Gasteiger partial charge in [-0.25, -0.2) is 0 Å². The zero-order chi connectivity index (χ0) is 46.9. The van der Waals surface area contributed by atoms with Gasteiger partial charge in [-0.05, 0) is 145 Å². The minimum absolute atomic E-state index is 0.00442. The zero-order valence-corrected chi connectivity index (χ0v) is 41.7. The molecule has 10 aromatic rings. The quantitative estimate of drug-likeness (QED) is 0.154. The monoisotopic (exact) mass is 886 g/mol. The van der Waals surface area contributed by atoms with Gasteiger partial charge in [0.2, 0.25) is 0 Å². The summed E-state index contributed by atoms with van der Waals surface area (Å²) in [4.78, 5) is 2.63. The van der Waals surface area contributed by atoms with Crippen LogP contribution >= 0.6 is 0 Å². The standard InChI is InChI=1S/C63H59BN2O2/c1-59(2,3)34-21-24-36(25-22-34)66-47-31-39-37-17-14-16-20-48(37)67-50(39)32-41(47)52-51-38-18-13-15-19-43(38)63(11,12)54(51)53-40-30-44-45(62(9,10)28-27-61(44,7)8)33-46(40)65-56-42-29-35(60(4,5)6)23-26-49(42)68-58(56)64(66)55(52)57(53)65/h13-26,29-33H,27-28H2,1-12H3. The van der Waals surface area contributed by atoms with Crippen molar-refractivity contribution in [3.05, 3.63) is 149 Å². The number of fused-ring (bicyclic) bond motifs is 19. The average molecular weight is 887 g/mol. The minimum atomic E-state index is -0.290. The largest absolute Gasteiger partial charge is 0.466 e. The van der Waals surface area contributed by atoms with Gasteiger partial charge in [-0.1, -0.05) is 144 Å². The number of aromatic nitrogens is 1. The van der Waals surface area contributed by atoms with Gasteiger partial charge in [0.25, 0.3) is 0 Å². The summed E-state index contributed by atoms with van der Waals surface area (Å²) in [7, 11) is 0. The fourth-order valence-corrected chi connectivity index (χ4v) is 13.5. The number of rotatable bonds is 1. The number of hydrogen-bond acceptors (Lipinski definition) is 3. The molecule has 5 heteroatoms. The lowest BCUT2D eigenvalue weighted by Crippen LogP contribution is -2.60. The molecule has 0 radical (unpaired) electrons. The molecule has 0 N–H and O–H groups in total. The van der Waals surface area contributed by atoms with E-state index in [-0.39, 0.29) is 33.9 Å². The van der Waals surface area contributed by atoms with Gasteiger partial charge in [-0.2, -0.15) is 0 Å². The van der Waals surface area contributed by atoms with Crippen LogP contribution in [0.1, 0.15) is 129 Å². The second-order valence-corrected chi connectivity index (χ2v) is 24.8. The van der Waals surface area contributed by atoms with Crippen LogP contribution in [0.2, 0.25) is 0 Å². The predicted octanol–water partition coefficient (Wildman–Crippen LogP) is 15.9. The second-order valence-electron chi connectivity index (χ2n) is 24.8. The van der Waals surface area contributed by atoms with E-state index in [2.05, 4.69) is 208 Å². The van der Waals surface area contributed by atoms with E-state index in [9.17, 15) is 0 Å². The van der Waals surface area contributed by atoms with E-state index in [1.165, 1.54) is 99.7 Å². The van der Waals surface area contributed by atoms with E-state index >= 15 is 0 Å². The fraction of sp³-hybridized carbons (Fsp3) is 0.302. The zero-order valence-electron chi connectivity index (χ0n) is 41.7. The molecule has 2 aliphatic carbocycles. The van der Waals surface area contributed by atoms with E-state index in [0.29, 0.717) is 0 Å². The Balaban J connectivity index is 1.25. The number of furan rings is 2. The molecule has 4 aliphatic rings. The fourth-order valence-electron chi connectivity index (χ4n) is 13.5. The minimum Gasteiger partial charge on any atom is -0.466 e. The van der Waals surface area contributed by atoms with Gasteiger partial charge in [-0.3, -0.25) is 0 Å². The average Bonchev–Trinajstić information content (AvgIpc) is 4.02. The summed E-state index contributed by atoms with van der Waals surface area (Å²) in [5, 5.41) is 6.15. The molecule has 3 aromatic heterocycles. The van der Waals surface area contributed by atoms with E-state index < -0.39 is 0 Å². The van der Waals surface area contributed by atoms with Gasteiger partial charge in [0, 0.05) is 49.3 Å². The van der Waals surface area contributed by atoms with E-state index in [4.69, 9.17) is 8.83 Å². The first-order chi connectivity index (χ1) is 32.2. The maximum absolute atomic E-state index is 7.58. The van der Waals surface area contributed by atoms with Gasteiger partial charge in [-0.15, -0.1) is 0 Å². The Kier molecular flexibility index (Phi) is 7.52. The van der Waals surface area contributed by atoms with Gasteiger partial charge >= 0.3 is 6.85 Å². The number of anilines is 2. The number of hydrogen-bond donors (Lipinski definition) is 0. The first kappa shape index (κ1) is 40.6. The molecule has 2 aliphatic heterocycles. The van der Waals surface area contributed by atoms with Gasteiger partial charge in [0.05, 0.1) is 16.7 Å². The second kappa shape index (κ2) is 12.6. The van der Waals surface area contributed by atoms with Crippen molar-refractivity contribution >= 4 is 84.1 Å². The summed E-state index contributed by atoms with van der Waals surface area (Å²) in [5.41, 5.74) is 24.4. The van der Waals surface area contributed by atoms with Crippen molar-refractivity contribution in [2.75, 3.05) is 4.81 Å². The number of para-hydroxylation sites is 1. The van der Waals surface area contributed by atoms with Crippen LogP contribution in [0.25, 0.3) is 82.7 Å². The molecule has 0 atom stereocenters. The molecule has 0 fully saturated rings. The maximum atomic E-state index is 7.58. The Morgan fingerprint density at radius 3 is 1.94 bits per heavy atom. The van der Waals surface area contributed by atoms with Crippen molar-refractivity contribution < 1.29 is 8.83 Å². The smallest absolute Gasteiger partial charge is 0.375 e. The first-order valence-electron chi connectivity index (χ1n) is 25.0. The summed E-state index contributed by atoms with van der Waals surface area (Å²) in [6.07, 6.45) is 2.31. The van der Waals surface area contributed by atoms with E-state index in [1.54, 1.807) is 0 Å². The molecule has 7 aromatic carbocycles. The van der Waals surface area contributed by atoms with Gasteiger partial charge < -0.3 is 18.2 Å². The Hall–Kier alpha value is -6.46. The van der Waals surface area contributed by atoms with Crippen LogP contribution in [-0.4, -0.2) is 11.4 Å². The van der Waals surface area contributed by atoms with Crippen LogP contribution in [0.4, 0.5) is 11.4 Å². The maximum Gasteiger partial charge on any atom is 0.375 e. The van der Waals surface area contributed by atoms with Crippen LogP contribution in [-0.2, 0) is 27.1 Å². The topological polar surface area (TPSA) is 34.5 Å². The highest BCUT2D eigenvalue weighted by atomic mass is 16.3. The molecule has 68 heavy (non-hydrogen) atoms. The molecule has 0 bridgehead atoms. The molecular formula is C63H59BN2O2. The lowest BCUT2D eigenvalue weighted by atomic mass is 9.45. The van der Waals surface area contributed by atoms with Crippen LogP contribution in [0.3, 0.4) is 0 Å². The molecular weight excluding hydrogens is 828 g/mol. The van der Waals surface area contributed by atoms with Crippen molar-refractivity contribution in [3.63, 3.8) is 0 Å². The number of nitrogens with zero attached hydrogens (tertiary/aromatic N) is 2. The van der Waals surface area contributed by atoms with Crippen LogP contribution in [0, 0.1) is 0 Å². The molecule has 14 rings (SSSR count). The summed E-state index contributed by atoms with van der Waals surface area (Å²) < 4.78 is 17.1. The Morgan fingerprint density at radius 2 is 1.21 bits per heavy atom. The third-order valence-electron chi connectivity index (χ3n) is 17.3. The van der Waals surface area contributed by atoms with Crippen molar-refractivity contribution in [1.82, 2.24) is 4.57 Å². The summed E-state index contributed by atoms with van der Waals surface area (Å²) >= 11 is 0. The highest BCUT2D eigenvalue weighted by molar-refractivity contribution is 6.93. The SMILES string of the molecule is CC(C)(C)c1ccc(N2B3c4oc5ccc(C(C)(C)C)cc5c4-n4c5cc6c(cc5c5c7c(c(c3c54)-c3cc4oc5ccccc5c4cc32)-c2ccccc2C7(C)C)C(C)(C)CCC6(C)C)cc1. The first-order valence-corrected chi connectivity index (χ1v) is 25.0. The Labute approximate surface area is 400 Å². The molecule has 0 spiro atoms. The predicted molar refractivity (Wildman–Crippen MR) is 287 cm³/mol. The van der Waals surface area contributed by atoms with Crippen LogP contribution in [0.15, 0.2) is 124 Å². The van der Waals surface area contributed by atoms with Crippen molar-refractivity contribution in [3.8, 4) is 27.9 Å². The highest BCUT2D eigenvalue weighted by Crippen LogP contribution is 2.60. The third-order valence-corrected chi connectivity index (χ3v) is 17.3. The highest BCUT2D eigenvalue weighted by Gasteiger charge is 2.52. The van der Waals surface area contributed by atoms with Crippen LogP contribution < -0.4 is 15.9 Å². The molecule has 0 saturated heterocycles. The van der Waals surface area contributed by atoms with Crippen molar-refractivity contribution in [2.45, 2.75) is 123 Å². The van der Waals surface area contributed by atoms with Gasteiger partial charge in [0.15, 0.2) is 0 Å². The van der Waals surface area contributed by atoms with E-state index in [0.717, 1.165) is 51.7 Å². The molecule has 4 nitrogen and oxygen atoms in total. The molecule has 0 unspecified atom stereocenters.